The maximum Gasteiger partial charge on any atom is 0.310 e. The maximum absolute atomic E-state index is 11.3. The van der Waals surface area contributed by atoms with E-state index in [0.717, 1.165) is 17.7 Å². The van der Waals surface area contributed by atoms with Crippen LogP contribution in [-0.2, 0) is 16.0 Å². The molecule has 0 aliphatic carbocycles. The van der Waals surface area contributed by atoms with Crippen LogP contribution in [0.1, 0.15) is 18.9 Å². The summed E-state index contributed by atoms with van der Waals surface area (Å²) in [4.78, 5) is 12.5. The highest BCUT2D eigenvalue weighted by atomic mass is 35.5. The molecule has 2 nitrogen and oxygen atoms in total. The molecule has 0 saturated carbocycles. The van der Waals surface area contributed by atoms with Gasteiger partial charge >= 0.3 is 5.97 Å². The molecule has 0 saturated heterocycles. The Hall–Kier alpha value is -0.670. The van der Waals surface area contributed by atoms with Gasteiger partial charge in [0.25, 0.3) is 0 Å². The third-order valence-electron chi connectivity index (χ3n) is 2.12. The molecular weight excluding hydrogens is 256 g/mol. The minimum atomic E-state index is -0.171. The van der Waals surface area contributed by atoms with Crippen molar-refractivity contribution in [2.45, 2.75) is 24.7 Å². The zero-order valence-electron chi connectivity index (χ0n) is 9.95. The minimum absolute atomic E-state index is 0.171. The van der Waals surface area contributed by atoms with Crippen LogP contribution in [0.25, 0.3) is 0 Å². The second kappa shape index (κ2) is 8.43. The van der Waals surface area contributed by atoms with Crippen molar-refractivity contribution in [1.82, 2.24) is 0 Å². The highest BCUT2D eigenvalue weighted by Gasteiger charge is 2.03. The molecule has 0 radical (unpaired) electrons. The summed E-state index contributed by atoms with van der Waals surface area (Å²) in [6.07, 6.45) is 1.36. The van der Waals surface area contributed by atoms with Gasteiger partial charge in [0.2, 0.25) is 0 Å². The SMILES string of the molecule is CCOC(=O)Cc1ccc(SCCCCl)cc1. The first-order valence-electron chi connectivity index (χ1n) is 5.69. The van der Waals surface area contributed by atoms with Crippen molar-refractivity contribution in [3.8, 4) is 0 Å². The molecule has 1 aromatic rings. The van der Waals surface area contributed by atoms with Gasteiger partial charge in [-0.15, -0.1) is 23.4 Å². The van der Waals surface area contributed by atoms with Gasteiger partial charge < -0.3 is 4.74 Å². The van der Waals surface area contributed by atoms with Crippen molar-refractivity contribution in [1.29, 1.82) is 0 Å². The van der Waals surface area contributed by atoms with Crippen LogP contribution < -0.4 is 0 Å². The Kier molecular flexibility index (Phi) is 7.13. The molecule has 0 aromatic heterocycles. The fourth-order valence-electron chi connectivity index (χ4n) is 1.33. The summed E-state index contributed by atoms with van der Waals surface area (Å²) in [6, 6.07) is 8.01. The summed E-state index contributed by atoms with van der Waals surface area (Å²) in [5, 5.41) is 0. The average molecular weight is 273 g/mol. The molecule has 0 N–H and O–H groups in total. The van der Waals surface area contributed by atoms with Crippen molar-refractivity contribution in [2.24, 2.45) is 0 Å². The van der Waals surface area contributed by atoms with Crippen molar-refractivity contribution in [2.75, 3.05) is 18.2 Å². The van der Waals surface area contributed by atoms with Gasteiger partial charge in [0.15, 0.2) is 0 Å². The molecule has 1 rings (SSSR count). The number of carbonyl (C=O) groups excluding carboxylic acids is 1. The molecule has 94 valence electrons. The van der Waals surface area contributed by atoms with E-state index in [2.05, 4.69) is 0 Å². The lowest BCUT2D eigenvalue weighted by Crippen LogP contribution is -2.07. The van der Waals surface area contributed by atoms with Gasteiger partial charge in [-0.3, -0.25) is 4.79 Å². The molecule has 0 heterocycles. The van der Waals surface area contributed by atoms with E-state index >= 15 is 0 Å². The van der Waals surface area contributed by atoms with Gasteiger partial charge in [-0.25, -0.2) is 0 Å². The van der Waals surface area contributed by atoms with E-state index in [0.29, 0.717) is 18.9 Å². The Morgan fingerprint density at radius 3 is 2.65 bits per heavy atom. The van der Waals surface area contributed by atoms with Crippen molar-refractivity contribution in [3.05, 3.63) is 29.8 Å². The zero-order valence-corrected chi connectivity index (χ0v) is 11.5. The van der Waals surface area contributed by atoms with E-state index in [1.807, 2.05) is 31.2 Å². The van der Waals surface area contributed by atoms with E-state index in [1.54, 1.807) is 11.8 Å². The monoisotopic (exact) mass is 272 g/mol. The number of thioether (sulfide) groups is 1. The van der Waals surface area contributed by atoms with Crippen LogP contribution in [0, 0.1) is 0 Å². The van der Waals surface area contributed by atoms with Crippen molar-refractivity contribution < 1.29 is 9.53 Å². The molecule has 0 spiro atoms. The Morgan fingerprint density at radius 2 is 2.06 bits per heavy atom. The van der Waals surface area contributed by atoms with E-state index in [1.165, 1.54) is 4.90 Å². The Labute approximate surface area is 112 Å². The number of hydrogen-bond acceptors (Lipinski definition) is 3. The summed E-state index contributed by atoms with van der Waals surface area (Å²) in [5.74, 6) is 1.56. The highest BCUT2D eigenvalue weighted by molar-refractivity contribution is 7.99. The Morgan fingerprint density at radius 1 is 1.35 bits per heavy atom. The molecule has 0 amide bonds. The molecule has 17 heavy (non-hydrogen) atoms. The van der Waals surface area contributed by atoms with E-state index < -0.39 is 0 Å². The third kappa shape index (κ3) is 5.99. The lowest BCUT2D eigenvalue weighted by atomic mass is 10.1. The molecule has 0 aliphatic heterocycles. The number of hydrogen-bond donors (Lipinski definition) is 0. The first-order valence-corrected chi connectivity index (χ1v) is 7.21. The van der Waals surface area contributed by atoms with Crippen LogP contribution in [0.2, 0.25) is 0 Å². The molecule has 0 atom stereocenters. The van der Waals surface area contributed by atoms with Crippen LogP contribution in [0.5, 0.6) is 0 Å². The smallest absolute Gasteiger partial charge is 0.310 e. The summed E-state index contributed by atoms with van der Waals surface area (Å²) in [6.45, 7) is 2.25. The summed E-state index contributed by atoms with van der Waals surface area (Å²) < 4.78 is 4.90. The Bertz CT molecular complexity index is 338. The first-order chi connectivity index (χ1) is 8.26. The van der Waals surface area contributed by atoms with Crippen LogP contribution in [-0.4, -0.2) is 24.2 Å². The zero-order chi connectivity index (χ0) is 12.5. The average Bonchev–Trinajstić information content (AvgIpc) is 2.32. The summed E-state index contributed by atoms with van der Waals surface area (Å²) >= 11 is 7.40. The van der Waals surface area contributed by atoms with Crippen LogP contribution in [0.4, 0.5) is 0 Å². The van der Waals surface area contributed by atoms with Crippen molar-refractivity contribution in [3.63, 3.8) is 0 Å². The predicted octanol–water partition coefficient (Wildman–Crippen LogP) is 3.51. The minimum Gasteiger partial charge on any atom is -0.466 e. The topological polar surface area (TPSA) is 26.3 Å². The molecular formula is C13H17ClO2S. The largest absolute Gasteiger partial charge is 0.466 e. The summed E-state index contributed by atoms with van der Waals surface area (Å²) in [5.41, 5.74) is 0.991. The first kappa shape index (κ1) is 14.4. The normalized spacial score (nSPS) is 10.2. The number of benzene rings is 1. The van der Waals surface area contributed by atoms with Gasteiger partial charge in [-0.2, -0.15) is 0 Å². The van der Waals surface area contributed by atoms with Gasteiger partial charge in [-0.05, 0) is 36.8 Å². The van der Waals surface area contributed by atoms with Gasteiger partial charge in [0, 0.05) is 10.8 Å². The second-order valence-electron chi connectivity index (χ2n) is 3.52. The molecule has 0 unspecified atom stereocenters. The number of carbonyl (C=O) groups is 1. The number of ether oxygens (including phenoxy) is 1. The second-order valence-corrected chi connectivity index (χ2v) is 5.06. The van der Waals surface area contributed by atoms with Crippen molar-refractivity contribution >= 4 is 29.3 Å². The number of rotatable bonds is 7. The molecule has 1 aromatic carbocycles. The predicted molar refractivity (Wildman–Crippen MR) is 72.8 cm³/mol. The number of halogens is 1. The molecule has 0 fully saturated rings. The molecule has 0 aliphatic rings. The van der Waals surface area contributed by atoms with E-state index in [4.69, 9.17) is 16.3 Å². The quantitative estimate of drug-likeness (QED) is 0.329. The van der Waals surface area contributed by atoms with Crippen LogP contribution >= 0.6 is 23.4 Å². The summed E-state index contributed by atoms with van der Waals surface area (Å²) in [7, 11) is 0. The van der Waals surface area contributed by atoms with Crippen LogP contribution in [0.3, 0.4) is 0 Å². The lowest BCUT2D eigenvalue weighted by Gasteiger charge is -2.04. The Balaban J connectivity index is 2.41. The molecule has 0 bridgehead atoms. The highest BCUT2D eigenvalue weighted by Crippen LogP contribution is 2.19. The van der Waals surface area contributed by atoms with Gasteiger partial charge in [0.1, 0.15) is 0 Å². The maximum atomic E-state index is 11.3. The van der Waals surface area contributed by atoms with Gasteiger partial charge in [-0.1, -0.05) is 12.1 Å². The molecule has 4 heteroatoms. The van der Waals surface area contributed by atoms with E-state index in [9.17, 15) is 4.79 Å². The van der Waals surface area contributed by atoms with Gasteiger partial charge in [0.05, 0.1) is 13.0 Å². The third-order valence-corrected chi connectivity index (χ3v) is 3.49. The lowest BCUT2D eigenvalue weighted by molar-refractivity contribution is -0.142. The number of esters is 1. The fraction of sp³-hybridized carbons (Fsp3) is 0.462. The standard InChI is InChI=1S/C13H17ClO2S/c1-2-16-13(15)10-11-4-6-12(7-5-11)17-9-3-8-14/h4-7H,2-3,8-10H2,1H3. The van der Waals surface area contributed by atoms with E-state index in [-0.39, 0.29) is 5.97 Å². The van der Waals surface area contributed by atoms with Crippen LogP contribution in [0.15, 0.2) is 29.2 Å². The fourth-order valence-corrected chi connectivity index (χ4v) is 2.47. The number of alkyl halides is 1.